The van der Waals surface area contributed by atoms with E-state index in [0.29, 0.717) is 4.74 Å². The molecule has 1 rings (SSSR count). The van der Waals surface area contributed by atoms with E-state index in [1.54, 1.807) is 0 Å². The molecule has 76 valence electrons. The minimum absolute atomic E-state index is 0.0666. The molecule has 0 N–H and O–H groups in total. The van der Waals surface area contributed by atoms with Gasteiger partial charge in [0.25, 0.3) is 0 Å². The normalized spacial score (nSPS) is 11.7. The summed E-state index contributed by atoms with van der Waals surface area (Å²) in [6.45, 7) is 1.48. The van der Waals surface area contributed by atoms with Gasteiger partial charge in [0, 0.05) is 0 Å². The molecule has 0 aromatic carbocycles. The lowest BCUT2D eigenvalue weighted by molar-refractivity contribution is -0.418. The number of aromatic nitrogens is 1. The molecule has 0 radical (unpaired) electrons. The fourth-order valence-corrected chi connectivity index (χ4v) is 0.991. The first-order valence-electron chi connectivity index (χ1n) is 3.85. The van der Waals surface area contributed by atoms with Gasteiger partial charge in [-0.2, -0.15) is 0 Å². The van der Waals surface area contributed by atoms with E-state index in [1.165, 1.54) is 20.2 Å². The van der Waals surface area contributed by atoms with Crippen LogP contribution in [0.15, 0.2) is 4.52 Å². The molecular weight excluding hydrogens is 190 g/mol. The highest BCUT2D eigenvalue weighted by Gasteiger charge is 2.23. The van der Waals surface area contributed by atoms with Crippen molar-refractivity contribution in [2.45, 2.75) is 13.3 Å². The minimum atomic E-state index is -0.570. The van der Waals surface area contributed by atoms with Gasteiger partial charge in [-0.25, -0.2) is 4.74 Å². The molecule has 0 saturated heterocycles. The first kappa shape index (κ1) is 10.2. The van der Waals surface area contributed by atoms with Crippen molar-refractivity contribution in [2.24, 2.45) is 0 Å². The zero-order valence-corrected chi connectivity index (χ0v) is 7.76. The molecule has 14 heavy (non-hydrogen) atoms. The van der Waals surface area contributed by atoms with Crippen molar-refractivity contribution in [1.82, 2.24) is 5.16 Å². The molecular formula is C7H9N3O4. The van der Waals surface area contributed by atoms with Crippen molar-refractivity contribution in [1.29, 1.82) is 0 Å². The largest absolute Gasteiger partial charge is 0.624 e. The smallest absolute Gasteiger partial charge is 0.334 e. The second-order valence-corrected chi connectivity index (χ2v) is 2.73. The van der Waals surface area contributed by atoms with Crippen LogP contribution in [0.5, 0.6) is 0 Å². The molecule has 0 aliphatic rings. The Balaban J connectivity index is 2.98. The molecule has 1 aromatic rings. The van der Waals surface area contributed by atoms with Gasteiger partial charge in [-0.3, -0.25) is 10.1 Å². The van der Waals surface area contributed by atoms with Crippen molar-refractivity contribution in [3.05, 3.63) is 26.8 Å². The van der Waals surface area contributed by atoms with Gasteiger partial charge in [0.1, 0.15) is 7.05 Å². The highest BCUT2D eigenvalue weighted by Crippen LogP contribution is 2.22. The lowest BCUT2D eigenvalue weighted by atomic mass is 10.2. The lowest BCUT2D eigenvalue weighted by Gasteiger charge is -1.92. The van der Waals surface area contributed by atoms with Crippen molar-refractivity contribution < 1.29 is 14.2 Å². The third-order valence-corrected chi connectivity index (χ3v) is 1.62. The molecule has 0 spiro atoms. The second-order valence-electron chi connectivity index (χ2n) is 2.73. The van der Waals surface area contributed by atoms with Gasteiger partial charge in [0.15, 0.2) is 11.9 Å². The van der Waals surface area contributed by atoms with E-state index >= 15 is 0 Å². The summed E-state index contributed by atoms with van der Waals surface area (Å²) in [5, 5.41) is 24.5. The van der Waals surface area contributed by atoms with Crippen LogP contribution in [0.25, 0.3) is 0 Å². The Bertz CT molecular complexity index is 378. The van der Waals surface area contributed by atoms with Gasteiger partial charge < -0.3 is 9.73 Å². The van der Waals surface area contributed by atoms with Gasteiger partial charge >= 0.3 is 5.69 Å². The zero-order valence-electron chi connectivity index (χ0n) is 7.76. The van der Waals surface area contributed by atoms with E-state index in [1.807, 2.05) is 0 Å². The molecule has 7 nitrogen and oxygen atoms in total. The maximum Gasteiger partial charge on any atom is 0.334 e. The molecule has 1 aromatic heterocycles. The number of hydroxylamine groups is 1. The topological polar surface area (TPSA) is 95.2 Å². The van der Waals surface area contributed by atoms with Gasteiger partial charge in [0.05, 0.1) is 11.3 Å². The minimum Gasteiger partial charge on any atom is -0.624 e. The fourth-order valence-electron chi connectivity index (χ4n) is 0.991. The van der Waals surface area contributed by atoms with Crippen LogP contribution in [0, 0.1) is 22.2 Å². The zero-order chi connectivity index (χ0) is 10.7. The number of nitro groups is 1. The van der Waals surface area contributed by atoms with E-state index in [9.17, 15) is 15.3 Å². The Morgan fingerprint density at radius 1 is 1.57 bits per heavy atom. The van der Waals surface area contributed by atoms with Crippen LogP contribution in [0.1, 0.15) is 11.5 Å². The van der Waals surface area contributed by atoms with E-state index in [-0.39, 0.29) is 23.6 Å². The maximum absolute atomic E-state index is 10.5. The molecule has 0 atom stereocenters. The summed E-state index contributed by atoms with van der Waals surface area (Å²) >= 11 is 0. The molecule has 1 heterocycles. The molecule has 0 saturated carbocycles. The van der Waals surface area contributed by atoms with Gasteiger partial charge in [0.2, 0.25) is 5.76 Å². The molecule has 0 bridgehead atoms. The monoisotopic (exact) mass is 199 g/mol. The fraction of sp³-hybridized carbons (Fsp3) is 0.429. The van der Waals surface area contributed by atoms with E-state index < -0.39 is 4.92 Å². The van der Waals surface area contributed by atoms with E-state index in [0.717, 1.165) is 0 Å². The third-order valence-electron chi connectivity index (χ3n) is 1.62. The third kappa shape index (κ3) is 2.06. The molecule has 0 unspecified atom stereocenters. The molecule has 0 amide bonds. The Morgan fingerprint density at radius 2 is 2.21 bits per heavy atom. The summed E-state index contributed by atoms with van der Waals surface area (Å²) in [6.07, 6.45) is 1.30. The Morgan fingerprint density at radius 3 is 2.71 bits per heavy atom. The summed E-state index contributed by atoms with van der Waals surface area (Å²) < 4.78 is 5.28. The Labute approximate surface area is 79.4 Å². The summed E-state index contributed by atoms with van der Waals surface area (Å²) in [5.41, 5.74) is 0.0510. The molecule has 0 aliphatic heterocycles. The van der Waals surface area contributed by atoms with Crippen molar-refractivity contribution >= 4 is 11.9 Å². The number of rotatable bonds is 3. The van der Waals surface area contributed by atoms with Gasteiger partial charge in [-0.15, -0.1) is 0 Å². The number of hydrogen-bond acceptors (Lipinski definition) is 5. The van der Waals surface area contributed by atoms with Crippen LogP contribution in [-0.2, 0) is 6.42 Å². The van der Waals surface area contributed by atoms with Crippen LogP contribution >= 0.6 is 0 Å². The molecule has 0 fully saturated rings. The highest BCUT2D eigenvalue weighted by molar-refractivity contribution is 5.58. The first-order chi connectivity index (χ1) is 6.52. The van der Waals surface area contributed by atoms with Crippen LogP contribution in [0.3, 0.4) is 0 Å². The predicted molar refractivity (Wildman–Crippen MR) is 47.2 cm³/mol. The lowest BCUT2D eigenvalue weighted by Crippen LogP contribution is -2.00. The summed E-state index contributed by atoms with van der Waals surface area (Å²) in [7, 11) is 1.29. The van der Waals surface area contributed by atoms with Crippen LogP contribution in [-0.4, -0.2) is 28.1 Å². The van der Waals surface area contributed by atoms with Gasteiger partial charge in [-0.05, 0) is 6.92 Å². The Kier molecular flexibility index (Phi) is 2.80. The van der Waals surface area contributed by atoms with E-state index in [2.05, 4.69) is 5.16 Å². The SMILES string of the molecule is Cc1noc(C/C=[N+](/C)[O-])c1[N+](=O)[O-]. The Hall–Kier alpha value is -1.92. The van der Waals surface area contributed by atoms with Crippen molar-refractivity contribution in [3.8, 4) is 0 Å². The number of hydrogen-bond donors (Lipinski definition) is 0. The predicted octanol–water partition coefficient (Wildman–Crippen LogP) is 0.645. The van der Waals surface area contributed by atoms with Crippen LogP contribution in [0.4, 0.5) is 5.69 Å². The average molecular weight is 199 g/mol. The molecule has 7 heteroatoms. The van der Waals surface area contributed by atoms with E-state index in [4.69, 9.17) is 4.52 Å². The van der Waals surface area contributed by atoms with Crippen LogP contribution in [0.2, 0.25) is 0 Å². The number of aryl methyl sites for hydroxylation is 1. The standard InChI is InChI=1S/C7H9N3O4/c1-5-7(10(12)13)6(14-8-5)3-4-9(2)11/h4H,3H2,1-2H3/b9-4-. The molecule has 0 aliphatic carbocycles. The van der Waals surface area contributed by atoms with Crippen molar-refractivity contribution in [2.75, 3.05) is 7.05 Å². The first-order valence-corrected chi connectivity index (χ1v) is 3.85. The maximum atomic E-state index is 10.5. The van der Waals surface area contributed by atoms with Gasteiger partial charge in [-0.1, -0.05) is 5.16 Å². The summed E-state index contributed by atoms with van der Waals surface area (Å²) in [5.74, 6) is 0.0928. The van der Waals surface area contributed by atoms with Crippen molar-refractivity contribution in [3.63, 3.8) is 0 Å². The highest BCUT2D eigenvalue weighted by atomic mass is 16.6. The number of nitrogens with zero attached hydrogens (tertiary/aromatic N) is 3. The van der Waals surface area contributed by atoms with Crippen LogP contribution < -0.4 is 0 Å². The second kappa shape index (κ2) is 3.86. The summed E-state index contributed by atoms with van der Waals surface area (Å²) in [4.78, 5) is 9.98. The average Bonchev–Trinajstić information content (AvgIpc) is 2.43. The summed E-state index contributed by atoms with van der Waals surface area (Å²) in [6, 6.07) is 0. The quantitative estimate of drug-likeness (QED) is 0.234.